The van der Waals surface area contributed by atoms with Crippen molar-refractivity contribution >= 4 is 21.4 Å². The Kier molecular flexibility index (Phi) is 3.18. The molecule has 1 aromatic heterocycles. The number of nitrogens with one attached hydrogen (secondary N) is 1. The summed E-state index contributed by atoms with van der Waals surface area (Å²) < 4.78 is 37.1. The zero-order valence-corrected chi connectivity index (χ0v) is 10.3. The van der Waals surface area contributed by atoms with E-state index in [0.717, 1.165) is 30.5 Å². The van der Waals surface area contributed by atoms with Crippen molar-refractivity contribution in [2.24, 2.45) is 0 Å². The molecule has 0 radical (unpaired) electrons. The van der Waals surface area contributed by atoms with Crippen LogP contribution in [0, 0.1) is 5.82 Å². The molecule has 0 saturated heterocycles. The standard InChI is InChI=1S/C10H6ClFN2O3S/c11-7-5-6(12)1-2-8(7)18(16,17)9-3-4-13-14-10(9)15/h1-5H,(H,14,15). The number of rotatable bonds is 2. The highest BCUT2D eigenvalue weighted by Gasteiger charge is 2.24. The number of aromatic nitrogens is 2. The van der Waals surface area contributed by atoms with Crippen molar-refractivity contribution in [3.63, 3.8) is 0 Å². The predicted molar refractivity (Wildman–Crippen MR) is 61.7 cm³/mol. The van der Waals surface area contributed by atoms with Gasteiger partial charge in [0.15, 0.2) is 0 Å². The van der Waals surface area contributed by atoms with Gasteiger partial charge in [0.05, 0.1) is 9.92 Å². The summed E-state index contributed by atoms with van der Waals surface area (Å²) >= 11 is 5.67. The summed E-state index contributed by atoms with van der Waals surface area (Å²) in [6.45, 7) is 0. The van der Waals surface area contributed by atoms with Gasteiger partial charge >= 0.3 is 0 Å². The van der Waals surface area contributed by atoms with E-state index >= 15 is 0 Å². The Morgan fingerprint density at radius 2 is 1.94 bits per heavy atom. The molecule has 0 aliphatic carbocycles. The topological polar surface area (TPSA) is 79.9 Å². The number of benzene rings is 1. The number of hydrogen-bond donors (Lipinski definition) is 1. The van der Waals surface area contributed by atoms with Crippen LogP contribution in [0.2, 0.25) is 5.02 Å². The number of sulfone groups is 1. The van der Waals surface area contributed by atoms with Crippen LogP contribution in [-0.4, -0.2) is 18.6 Å². The maximum atomic E-state index is 12.9. The number of nitrogens with zero attached hydrogens (tertiary/aromatic N) is 1. The normalized spacial score (nSPS) is 11.4. The summed E-state index contributed by atoms with van der Waals surface area (Å²) in [5.41, 5.74) is -0.863. The summed E-state index contributed by atoms with van der Waals surface area (Å²) in [6.07, 6.45) is 1.13. The average molecular weight is 289 g/mol. The molecule has 0 unspecified atom stereocenters. The third-order valence-corrected chi connectivity index (χ3v) is 4.42. The highest BCUT2D eigenvalue weighted by Crippen LogP contribution is 2.26. The molecule has 0 amide bonds. The van der Waals surface area contributed by atoms with Crippen LogP contribution >= 0.6 is 11.6 Å². The Bertz CT molecular complexity index is 758. The van der Waals surface area contributed by atoms with Crippen LogP contribution in [0.25, 0.3) is 0 Å². The van der Waals surface area contributed by atoms with E-state index in [9.17, 15) is 17.6 Å². The zero-order valence-electron chi connectivity index (χ0n) is 8.72. The van der Waals surface area contributed by atoms with Crippen LogP contribution in [0.5, 0.6) is 0 Å². The third-order valence-electron chi connectivity index (χ3n) is 2.16. The molecule has 0 fully saturated rings. The van der Waals surface area contributed by atoms with Crippen LogP contribution in [0.15, 0.2) is 45.0 Å². The minimum atomic E-state index is -4.10. The molecule has 8 heteroatoms. The van der Waals surface area contributed by atoms with Crippen LogP contribution in [-0.2, 0) is 9.84 Å². The van der Waals surface area contributed by atoms with Crippen molar-refractivity contribution in [2.45, 2.75) is 9.79 Å². The summed E-state index contributed by atoms with van der Waals surface area (Å²) in [7, 11) is -4.10. The van der Waals surface area contributed by atoms with Gasteiger partial charge in [0.25, 0.3) is 5.56 Å². The van der Waals surface area contributed by atoms with Gasteiger partial charge in [-0.3, -0.25) is 4.79 Å². The zero-order chi connectivity index (χ0) is 13.3. The Hall–Kier alpha value is -1.73. The average Bonchev–Trinajstić information content (AvgIpc) is 2.28. The van der Waals surface area contributed by atoms with Crippen LogP contribution < -0.4 is 5.56 Å². The Morgan fingerprint density at radius 3 is 2.56 bits per heavy atom. The van der Waals surface area contributed by atoms with Gasteiger partial charge in [0.1, 0.15) is 10.7 Å². The molecule has 0 bridgehead atoms. The summed E-state index contributed by atoms with van der Waals surface area (Å²) in [6, 6.07) is 3.87. The number of hydrogen-bond acceptors (Lipinski definition) is 4. The molecule has 0 aliphatic heterocycles. The molecular formula is C10H6ClFN2O3S. The molecule has 2 aromatic rings. The summed E-state index contributed by atoms with van der Waals surface area (Å²) in [4.78, 5) is 10.6. The smallest absolute Gasteiger partial charge is 0.267 e. The maximum absolute atomic E-state index is 12.9. The van der Waals surface area contributed by atoms with Crippen LogP contribution in [0.1, 0.15) is 0 Å². The quantitative estimate of drug-likeness (QED) is 0.847. The second-order valence-electron chi connectivity index (χ2n) is 3.33. The Balaban J connectivity index is 2.70. The first-order chi connectivity index (χ1) is 8.43. The van der Waals surface area contributed by atoms with E-state index in [2.05, 4.69) is 5.10 Å². The Labute approximate surface area is 106 Å². The largest absolute Gasteiger partial charge is 0.283 e. The first kappa shape index (κ1) is 12.7. The molecule has 0 aliphatic rings. The lowest BCUT2D eigenvalue weighted by atomic mass is 10.3. The molecular weight excluding hydrogens is 283 g/mol. The molecule has 94 valence electrons. The fraction of sp³-hybridized carbons (Fsp3) is 0. The molecule has 2 rings (SSSR count). The SMILES string of the molecule is O=c1[nH]nccc1S(=O)(=O)c1ccc(F)cc1Cl. The number of aromatic amines is 1. The van der Waals surface area contributed by atoms with Crippen molar-refractivity contribution in [3.8, 4) is 0 Å². The monoisotopic (exact) mass is 288 g/mol. The van der Waals surface area contributed by atoms with Crippen molar-refractivity contribution in [1.82, 2.24) is 10.2 Å². The Morgan fingerprint density at radius 1 is 1.22 bits per heavy atom. The summed E-state index contributed by atoms with van der Waals surface area (Å²) in [5.74, 6) is -0.664. The lowest BCUT2D eigenvalue weighted by molar-refractivity contribution is 0.593. The summed E-state index contributed by atoms with van der Waals surface area (Å²) in [5, 5.41) is 5.11. The predicted octanol–water partition coefficient (Wildman–Crippen LogP) is 1.40. The molecule has 5 nitrogen and oxygen atoms in total. The van der Waals surface area contributed by atoms with Crippen LogP contribution in [0.3, 0.4) is 0 Å². The van der Waals surface area contributed by atoms with E-state index in [-0.39, 0.29) is 9.92 Å². The highest BCUT2D eigenvalue weighted by molar-refractivity contribution is 7.91. The van der Waals surface area contributed by atoms with Gasteiger partial charge in [0.2, 0.25) is 9.84 Å². The van der Waals surface area contributed by atoms with E-state index in [1.807, 2.05) is 5.10 Å². The molecule has 0 saturated carbocycles. The van der Waals surface area contributed by atoms with Gasteiger partial charge in [-0.2, -0.15) is 5.10 Å². The van der Waals surface area contributed by atoms with Gasteiger partial charge in [0, 0.05) is 6.20 Å². The number of halogens is 2. The van der Waals surface area contributed by atoms with Gasteiger partial charge in [-0.05, 0) is 24.3 Å². The van der Waals surface area contributed by atoms with Gasteiger partial charge in [-0.1, -0.05) is 11.6 Å². The lowest BCUT2D eigenvalue weighted by Crippen LogP contribution is -2.18. The molecule has 1 heterocycles. The molecule has 1 N–H and O–H groups in total. The van der Waals surface area contributed by atoms with E-state index in [1.165, 1.54) is 0 Å². The van der Waals surface area contributed by atoms with E-state index in [1.54, 1.807) is 0 Å². The minimum absolute atomic E-state index is 0.286. The molecule has 0 spiro atoms. The fourth-order valence-corrected chi connectivity index (χ4v) is 3.16. The second kappa shape index (κ2) is 4.51. The molecule has 0 atom stereocenters. The molecule has 18 heavy (non-hydrogen) atoms. The lowest BCUT2D eigenvalue weighted by Gasteiger charge is -2.05. The third kappa shape index (κ3) is 2.14. The fourth-order valence-electron chi connectivity index (χ4n) is 1.35. The highest BCUT2D eigenvalue weighted by atomic mass is 35.5. The van der Waals surface area contributed by atoms with E-state index < -0.39 is 26.1 Å². The van der Waals surface area contributed by atoms with E-state index in [0.29, 0.717) is 0 Å². The van der Waals surface area contributed by atoms with Crippen molar-refractivity contribution in [2.75, 3.05) is 0 Å². The molecule has 1 aromatic carbocycles. The second-order valence-corrected chi connectivity index (χ2v) is 5.62. The van der Waals surface area contributed by atoms with E-state index in [4.69, 9.17) is 11.6 Å². The van der Waals surface area contributed by atoms with Gasteiger partial charge in [-0.15, -0.1) is 0 Å². The minimum Gasteiger partial charge on any atom is -0.267 e. The first-order valence-corrected chi connectivity index (χ1v) is 6.53. The number of H-pyrrole nitrogens is 1. The maximum Gasteiger partial charge on any atom is 0.283 e. The van der Waals surface area contributed by atoms with Crippen molar-refractivity contribution in [3.05, 3.63) is 51.7 Å². The van der Waals surface area contributed by atoms with Crippen molar-refractivity contribution in [1.29, 1.82) is 0 Å². The first-order valence-electron chi connectivity index (χ1n) is 4.67. The van der Waals surface area contributed by atoms with Crippen LogP contribution in [0.4, 0.5) is 4.39 Å². The van der Waals surface area contributed by atoms with Gasteiger partial charge < -0.3 is 0 Å². The van der Waals surface area contributed by atoms with Crippen molar-refractivity contribution < 1.29 is 12.8 Å². The van der Waals surface area contributed by atoms with Gasteiger partial charge in [-0.25, -0.2) is 17.9 Å².